The van der Waals surface area contributed by atoms with Gasteiger partial charge in [-0.05, 0) is 76.3 Å². The van der Waals surface area contributed by atoms with E-state index in [1.807, 2.05) is 32.0 Å². The van der Waals surface area contributed by atoms with E-state index >= 15 is 8.78 Å². The highest BCUT2D eigenvalue weighted by Gasteiger charge is 2.43. The molecule has 4 fully saturated rings. The minimum Gasteiger partial charge on any atom is -0.478 e. The molecule has 6 heterocycles. The SMILES string of the molecule is CNC(=O)COc1cc2cc(Nc3nc(N4CCC(OC5CC(N6CCN(c7c(F)cc8c(c7F)CN(C7CCC(=O)NC7=O)C8=O)CC6)C5)CC4)ncc3Cl)ccc2n(C(C)C)c1=O. The summed E-state index contributed by atoms with van der Waals surface area (Å²) in [6, 6.07) is 7.53. The number of nitrogens with zero attached hydrogens (tertiary/aromatic N) is 7. The Bertz CT molecular complexity index is 2610. The fourth-order valence-electron chi connectivity index (χ4n) is 9.60. The lowest BCUT2D eigenvalue weighted by atomic mass is 9.87. The summed E-state index contributed by atoms with van der Waals surface area (Å²) < 4.78 is 45.3. The Morgan fingerprint density at radius 1 is 0.969 bits per heavy atom. The number of halogens is 3. The van der Waals surface area contributed by atoms with Crippen molar-refractivity contribution in [2.24, 2.45) is 0 Å². The number of nitrogens with one attached hydrogen (secondary N) is 3. The number of imide groups is 1. The number of benzene rings is 2. The predicted octanol–water partition coefficient (Wildman–Crippen LogP) is 4.27. The van der Waals surface area contributed by atoms with E-state index in [2.05, 4.69) is 30.7 Å². The molecule has 0 radical (unpaired) electrons. The van der Waals surface area contributed by atoms with Gasteiger partial charge in [-0.2, -0.15) is 4.98 Å². The van der Waals surface area contributed by atoms with Crippen molar-refractivity contribution in [2.45, 2.75) is 89.3 Å². The van der Waals surface area contributed by atoms with Crippen LogP contribution in [0.3, 0.4) is 0 Å². The van der Waals surface area contributed by atoms with Gasteiger partial charge in [0.05, 0.1) is 36.0 Å². The summed E-state index contributed by atoms with van der Waals surface area (Å²) in [5.74, 6) is -2.51. The average Bonchev–Trinajstić information content (AvgIpc) is 3.60. The summed E-state index contributed by atoms with van der Waals surface area (Å²) in [5.41, 5.74) is 0.925. The van der Waals surface area contributed by atoms with E-state index in [0.29, 0.717) is 73.3 Å². The molecule has 3 saturated heterocycles. The quantitative estimate of drug-likeness (QED) is 0.172. The lowest BCUT2D eigenvalue weighted by molar-refractivity contribution is -0.137. The van der Waals surface area contributed by atoms with Crippen LogP contribution >= 0.6 is 11.6 Å². The Morgan fingerprint density at radius 3 is 2.43 bits per heavy atom. The summed E-state index contributed by atoms with van der Waals surface area (Å²) in [5, 5.41) is 9.10. The van der Waals surface area contributed by atoms with Crippen molar-refractivity contribution in [3.05, 3.63) is 74.7 Å². The molecule has 17 nitrogen and oxygen atoms in total. The van der Waals surface area contributed by atoms with Crippen LogP contribution < -0.4 is 36.0 Å². The van der Waals surface area contributed by atoms with Gasteiger partial charge in [-0.1, -0.05) is 11.6 Å². The molecule has 0 spiro atoms. The Hall–Kier alpha value is -5.92. The van der Waals surface area contributed by atoms with Gasteiger partial charge in [0.25, 0.3) is 17.4 Å². The number of piperidine rings is 2. The number of carbonyl (C=O) groups is 4. The number of ether oxygens (including phenoxy) is 2. The van der Waals surface area contributed by atoms with Crippen LogP contribution in [-0.2, 0) is 25.7 Å². The van der Waals surface area contributed by atoms with Gasteiger partial charge in [-0.3, -0.25) is 34.2 Å². The van der Waals surface area contributed by atoms with Gasteiger partial charge in [0.1, 0.15) is 22.6 Å². The van der Waals surface area contributed by atoms with Crippen LogP contribution in [0.25, 0.3) is 10.9 Å². The van der Waals surface area contributed by atoms with Gasteiger partial charge in [0, 0.05) is 81.5 Å². The second kappa shape index (κ2) is 18.2. The molecule has 1 atom stereocenters. The Morgan fingerprint density at radius 2 is 1.72 bits per heavy atom. The highest BCUT2D eigenvalue weighted by Crippen LogP contribution is 2.38. The maximum atomic E-state index is 16.0. The first kappa shape index (κ1) is 44.3. The number of anilines is 4. The third-order valence-corrected chi connectivity index (χ3v) is 13.5. The average molecular weight is 917 g/mol. The fourth-order valence-corrected chi connectivity index (χ4v) is 9.74. The standard InChI is InChI=1S/C45H51ClF2N10O7/c1-24(2)58-34-5-4-26(16-25(34)17-36(44(58)63)64-23-38(60)49-3)51-41-32(46)21-50-45(53-41)56-10-8-28(9-11-56)65-29-18-27(19-29)54-12-14-55(15-13-54)40-33(47)20-30-31(39(40)48)22-57(43(30)62)35-6-7-37(59)52-42(35)61/h4-5,16-17,20-21,24,27-29,35H,6-15,18-19,22-23H2,1-3H3,(H,49,60)(H,50,51,53)(H,52,59,61). The van der Waals surface area contributed by atoms with Crippen LogP contribution in [0.2, 0.25) is 5.02 Å². The lowest BCUT2D eigenvalue weighted by Crippen LogP contribution is -2.56. The summed E-state index contributed by atoms with van der Waals surface area (Å²) >= 11 is 6.58. The topological polar surface area (TPSA) is 184 Å². The van der Waals surface area contributed by atoms with Gasteiger partial charge in [-0.15, -0.1) is 0 Å². The van der Waals surface area contributed by atoms with Crippen molar-refractivity contribution >= 4 is 69.3 Å². The maximum absolute atomic E-state index is 16.0. The van der Waals surface area contributed by atoms with E-state index < -0.39 is 35.4 Å². The zero-order valence-corrected chi connectivity index (χ0v) is 37.1. The molecule has 1 aliphatic carbocycles. The van der Waals surface area contributed by atoms with E-state index in [4.69, 9.17) is 26.1 Å². The van der Waals surface area contributed by atoms with Crippen LogP contribution in [0.5, 0.6) is 5.75 Å². The van der Waals surface area contributed by atoms with Crippen molar-refractivity contribution < 1.29 is 37.4 Å². The molecule has 0 bridgehead atoms. The van der Waals surface area contributed by atoms with Gasteiger partial charge < -0.3 is 39.4 Å². The van der Waals surface area contributed by atoms with E-state index in [0.717, 1.165) is 37.1 Å². The van der Waals surface area contributed by atoms with Gasteiger partial charge >= 0.3 is 0 Å². The molecular formula is C45H51ClF2N10O7. The number of pyridine rings is 1. The Labute approximate surface area is 378 Å². The molecule has 344 valence electrons. The molecule has 3 N–H and O–H groups in total. The third kappa shape index (κ3) is 8.80. The minimum atomic E-state index is -0.909. The molecular weight excluding hydrogens is 866 g/mol. The molecule has 4 aromatic rings. The van der Waals surface area contributed by atoms with Crippen LogP contribution in [0.15, 0.2) is 41.3 Å². The number of fused-ring (bicyclic) bond motifs is 2. The van der Waals surface area contributed by atoms with Crippen molar-refractivity contribution in [1.29, 1.82) is 0 Å². The number of carbonyl (C=O) groups excluding carboxylic acids is 4. The minimum absolute atomic E-state index is 0.0732. The zero-order chi connectivity index (χ0) is 45.7. The molecule has 1 saturated carbocycles. The molecule has 4 aliphatic heterocycles. The van der Waals surface area contributed by atoms with Gasteiger partial charge in [0.15, 0.2) is 24.0 Å². The molecule has 2 aromatic heterocycles. The highest BCUT2D eigenvalue weighted by molar-refractivity contribution is 6.33. The first-order chi connectivity index (χ1) is 31.3. The number of hydrogen-bond acceptors (Lipinski definition) is 13. The van der Waals surface area contributed by atoms with Crippen molar-refractivity contribution in [2.75, 3.05) is 68.0 Å². The molecule has 20 heteroatoms. The molecule has 5 aliphatic rings. The lowest BCUT2D eigenvalue weighted by Gasteiger charge is -2.47. The number of likely N-dealkylation sites (N-methyl/N-ethyl adjacent to an activating group) is 1. The van der Waals surface area contributed by atoms with Crippen LogP contribution in [0, 0.1) is 11.6 Å². The van der Waals surface area contributed by atoms with E-state index in [9.17, 15) is 24.0 Å². The van der Waals surface area contributed by atoms with Crippen molar-refractivity contribution in [3.8, 4) is 5.75 Å². The number of piperazine rings is 1. The van der Waals surface area contributed by atoms with Crippen molar-refractivity contribution in [1.82, 2.24) is 35.0 Å². The normalized spacial score (nSPS) is 21.7. The number of rotatable bonds is 12. The van der Waals surface area contributed by atoms with Crippen molar-refractivity contribution in [3.63, 3.8) is 0 Å². The summed E-state index contributed by atoms with van der Waals surface area (Å²) in [6.45, 7) is 6.87. The molecule has 2 aromatic carbocycles. The first-order valence-electron chi connectivity index (χ1n) is 22.1. The number of aromatic nitrogens is 3. The fraction of sp³-hybridized carbons (Fsp3) is 0.489. The maximum Gasteiger partial charge on any atom is 0.293 e. The summed E-state index contributed by atoms with van der Waals surface area (Å²) in [6.07, 6.45) is 5.37. The number of hydrogen-bond donors (Lipinski definition) is 3. The summed E-state index contributed by atoms with van der Waals surface area (Å²) in [7, 11) is 1.50. The monoisotopic (exact) mass is 916 g/mol. The molecule has 4 amide bonds. The zero-order valence-electron chi connectivity index (χ0n) is 36.4. The Balaban J connectivity index is 0.754. The second-order valence-corrected chi connectivity index (χ2v) is 18.0. The van der Waals surface area contributed by atoms with E-state index in [1.165, 1.54) is 11.9 Å². The van der Waals surface area contributed by atoms with E-state index in [-0.39, 0.29) is 78.3 Å². The largest absolute Gasteiger partial charge is 0.478 e. The summed E-state index contributed by atoms with van der Waals surface area (Å²) in [4.78, 5) is 79.0. The van der Waals surface area contributed by atoms with Crippen LogP contribution in [0.1, 0.15) is 74.3 Å². The molecule has 65 heavy (non-hydrogen) atoms. The second-order valence-electron chi connectivity index (χ2n) is 17.5. The van der Waals surface area contributed by atoms with Gasteiger partial charge in [-0.25, -0.2) is 13.8 Å². The third-order valence-electron chi connectivity index (χ3n) is 13.2. The van der Waals surface area contributed by atoms with E-state index in [1.54, 1.807) is 21.7 Å². The highest BCUT2D eigenvalue weighted by atomic mass is 35.5. The first-order valence-corrected chi connectivity index (χ1v) is 22.5. The smallest absolute Gasteiger partial charge is 0.293 e. The van der Waals surface area contributed by atoms with Crippen LogP contribution in [0.4, 0.5) is 31.9 Å². The number of amides is 4. The molecule has 1 unspecified atom stereocenters. The Kier molecular flexibility index (Phi) is 12.4. The molecule has 9 rings (SSSR count). The van der Waals surface area contributed by atoms with Gasteiger partial charge in [0.2, 0.25) is 17.8 Å². The predicted molar refractivity (Wildman–Crippen MR) is 238 cm³/mol. The van der Waals surface area contributed by atoms with Crippen LogP contribution in [-0.4, -0.2) is 125 Å².